The molecule has 4 aliphatic rings. The first-order valence-corrected chi connectivity index (χ1v) is 19.5. The standard InChI is InChI=1S/C43H53N5O9/c1-11-26-21(2)28-20-33-35(25(6)55-17-16-54-15-14-44-42(52)57-43(7,8)9)23(4)30(46-33)18-29-22(3)27(12-13-34(49)53-10)38(47-29)37-39-36(40(50)56-41(37)51)24(5)31(48-39)19-32(26)45-28/h18-20,22,25,27,47-48H,11-17H2,1-10H3,(H,44,52)/t22-,25?,27-/m0/s1. The molecule has 2 aromatic rings. The van der Waals surface area contributed by atoms with Gasteiger partial charge in [-0.2, -0.15) is 0 Å². The molecule has 1 amide bonds. The highest BCUT2D eigenvalue weighted by atomic mass is 16.6. The third-order valence-electron chi connectivity index (χ3n) is 10.8. The summed E-state index contributed by atoms with van der Waals surface area (Å²) in [6.07, 6.45) is 0.348. The Morgan fingerprint density at radius 2 is 1.63 bits per heavy atom. The number of alkyl carbamates (subject to hydrolysis) is 1. The molecule has 2 aromatic heterocycles. The number of H-pyrrole nitrogens is 2. The highest BCUT2D eigenvalue weighted by Crippen LogP contribution is 2.44. The molecule has 0 aliphatic carbocycles. The lowest BCUT2D eigenvalue weighted by Gasteiger charge is -2.19. The van der Waals surface area contributed by atoms with Crippen molar-refractivity contribution in [1.82, 2.24) is 25.3 Å². The van der Waals surface area contributed by atoms with Gasteiger partial charge in [-0.05, 0) is 102 Å². The number of methoxy groups -OCH3 is 1. The highest BCUT2D eigenvalue weighted by molar-refractivity contribution is 6.18. The van der Waals surface area contributed by atoms with Crippen LogP contribution in [0.2, 0.25) is 0 Å². The number of esters is 3. The summed E-state index contributed by atoms with van der Waals surface area (Å²) in [5.41, 5.74) is 9.73. The minimum atomic E-state index is -0.768. The van der Waals surface area contributed by atoms with E-state index in [1.807, 2.05) is 73.6 Å². The number of hydrogen-bond acceptors (Lipinski definition) is 11. The van der Waals surface area contributed by atoms with Crippen LogP contribution in [0.3, 0.4) is 0 Å². The molecule has 0 radical (unpaired) electrons. The predicted octanol–water partition coefficient (Wildman–Crippen LogP) is 7.71. The van der Waals surface area contributed by atoms with Crippen molar-refractivity contribution in [2.75, 3.05) is 33.5 Å². The molecule has 3 N–H and O–H groups in total. The summed E-state index contributed by atoms with van der Waals surface area (Å²) < 4.78 is 27.7. The minimum absolute atomic E-state index is 0.126. The molecule has 57 heavy (non-hydrogen) atoms. The van der Waals surface area contributed by atoms with Crippen LogP contribution in [0, 0.1) is 6.92 Å². The highest BCUT2D eigenvalue weighted by Gasteiger charge is 2.38. The fraction of sp³-hybridized carbons (Fsp3) is 0.488. The Balaban J connectivity index is 1.44. The molecule has 8 bridgehead atoms. The smallest absolute Gasteiger partial charge is 0.407 e. The molecule has 14 heteroatoms. The van der Waals surface area contributed by atoms with E-state index in [1.54, 1.807) is 0 Å². The third kappa shape index (κ3) is 8.52. The van der Waals surface area contributed by atoms with Gasteiger partial charge in [-0.25, -0.2) is 24.4 Å². The van der Waals surface area contributed by atoms with Crippen LogP contribution >= 0.6 is 0 Å². The summed E-state index contributed by atoms with van der Waals surface area (Å²) in [5, 5.41) is 2.69. The second-order valence-electron chi connectivity index (χ2n) is 15.7. The maximum absolute atomic E-state index is 13.7. The molecule has 14 nitrogen and oxygen atoms in total. The zero-order valence-corrected chi connectivity index (χ0v) is 34.5. The van der Waals surface area contributed by atoms with Gasteiger partial charge in [0.15, 0.2) is 0 Å². The number of amides is 1. The van der Waals surface area contributed by atoms with Crippen molar-refractivity contribution in [2.24, 2.45) is 0 Å². The largest absolute Gasteiger partial charge is 0.469 e. The lowest BCUT2D eigenvalue weighted by Crippen LogP contribution is -2.34. The molecule has 0 spiro atoms. The number of ether oxygens (including phenoxy) is 5. The van der Waals surface area contributed by atoms with Gasteiger partial charge < -0.3 is 39.0 Å². The molecule has 0 saturated carbocycles. The van der Waals surface area contributed by atoms with Crippen molar-refractivity contribution in [3.63, 3.8) is 0 Å². The molecule has 0 fully saturated rings. The molecule has 6 heterocycles. The van der Waals surface area contributed by atoms with Crippen molar-refractivity contribution < 1.29 is 42.9 Å². The number of rotatable bonds is 12. The summed E-state index contributed by atoms with van der Waals surface area (Å²) in [7, 11) is 1.35. The summed E-state index contributed by atoms with van der Waals surface area (Å²) >= 11 is 0. The first kappa shape index (κ1) is 41.3. The number of nitrogens with zero attached hydrogens (tertiary/aromatic N) is 2. The quantitative estimate of drug-likeness (QED) is 0.0829. The van der Waals surface area contributed by atoms with Gasteiger partial charge in [-0.15, -0.1) is 0 Å². The molecule has 0 aromatic carbocycles. The van der Waals surface area contributed by atoms with E-state index in [2.05, 4.69) is 22.2 Å². The Hall–Kier alpha value is -5.34. The van der Waals surface area contributed by atoms with Crippen LogP contribution in [0.5, 0.6) is 0 Å². The number of allylic oxidation sites excluding steroid dienone is 3. The number of carbonyl (C=O) groups is 4. The zero-order valence-electron chi connectivity index (χ0n) is 34.5. The van der Waals surface area contributed by atoms with Crippen molar-refractivity contribution in [1.29, 1.82) is 0 Å². The van der Waals surface area contributed by atoms with E-state index in [-0.39, 0.29) is 35.9 Å². The number of hydrogen-bond donors (Lipinski definition) is 3. The van der Waals surface area contributed by atoms with Gasteiger partial charge in [0, 0.05) is 47.3 Å². The van der Waals surface area contributed by atoms with E-state index in [1.165, 1.54) is 7.11 Å². The second-order valence-corrected chi connectivity index (χ2v) is 15.7. The fourth-order valence-electron chi connectivity index (χ4n) is 7.87. The van der Waals surface area contributed by atoms with E-state index in [0.29, 0.717) is 78.4 Å². The van der Waals surface area contributed by atoms with Crippen LogP contribution in [-0.2, 0) is 28.5 Å². The van der Waals surface area contributed by atoms with E-state index in [0.717, 1.165) is 39.4 Å². The topological polar surface area (TPSA) is 184 Å². The number of fused-ring (bicyclic) bond motifs is 8. The Bertz CT molecular complexity index is 2260. The normalized spacial score (nSPS) is 17.7. The molecule has 304 valence electrons. The Morgan fingerprint density at radius 1 is 0.930 bits per heavy atom. The van der Waals surface area contributed by atoms with Crippen LogP contribution in [0.15, 0.2) is 18.2 Å². The van der Waals surface area contributed by atoms with Crippen molar-refractivity contribution >= 4 is 57.3 Å². The van der Waals surface area contributed by atoms with Gasteiger partial charge in [0.1, 0.15) is 11.2 Å². The summed E-state index contributed by atoms with van der Waals surface area (Å²) in [5.74, 6) is -2.35. The molecule has 3 atom stereocenters. The van der Waals surface area contributed by atoms with Crippen LogP contribution in [0.4, 0.5) is 4.79 Å². The Morgan fingerprint density at radius 3 is 2.33 bits per heavy atom. The number of carbonyl (C=O) groups excluding carboxylic acids is 4. The lowest BCUT2D eigenvalue weighted by molar-refractivity contribution is -0.140. The first-order valence-electron chi connectivity index (χ1n) is 19.5. The monoisotopic (exact) mass is 783 g/mol. The Kier molecular flexibility index (Phi) is 12.1. The fourth-order valence-corrected chi connectivity index (χ4v) is 7.87. The van der Waals surface area contributed by atoms with Crippen molar-refractivity contribution in [3.05, 3.63) is 69.1 Å². The third-order valence-corrected chi connectivity index (χ3v) is 10.8. The zero-order chi connectivity index (χ0) is 41.3. The van der Waals surface area contributed by atoms with Crippen molar-refractivity contribution in [3.8, 4) is 0 Å². The Labute approximate surface area is 332 Å². The number of aromatic nitrogens is 4. The molecule has 0 saturated heterocycles. The summed E-state index contributed by atoms with van der Waals surface area (Å²) in [4.78, 5) is 68.5. The summed E-state index contributed by atoms with van der Waals surface area (Å²) in [6.45, 7) is 18.6. The van der Waals surface area contributed by atoms with Gasteiger partial charge in [-0.3, -0.25) is 4.79 Å². The van der Waals surface area contributed by atoms with Gasteiger partial charge in [0.05, 0.1) is 66.9 Å². The summed E-state index contributed by atoms with van der Waals surface area (Å²) in [6, 6.07) is 5.89. The SMILES string of the molecule is CCC1=C(C)c2cc3nc(cc4[nH]c(c5c6[nH]c(cc1n2)c(C)c6C(=O)OC5=O)[C@@H](CCC(=O)OC)[C@@H]4C)C(C)=C3C(C)OCCOCCNC(=O)OC(C)(C)C. The van der Waals surface area contributed by atoms with E-state index < -0.39 is 23.6 Å². The van der Waals surface area contributed by atoms with Crippen molar-refractivity contribution in [2.45, 2.75) is 105 Å². The average Bonchev–Trinajstić information content (AvgIpc) is 3.82. The van der Waals surface area contributed by atoms with Crippen LogP contribution in [-0.4, -0.2) is 89.1 Å². The number of cyclic esters (lactones) is 2. The molecule has 6 rings (SSSR count). The second kappa shape index (κ2) is 16.6. The average molecular weight is 784 g/mol. The van der Waals surface area contributed by atoms with Crippen LogP contribution in [0.1, 0.15) is 147 Å². The van der Waals surface area contributed by atoms with Crippen LogP contribution < -0.4 is 5.32 Å². The van der Waals surface area contributed by atoms with Crippen LogP contribution in [0.25, 0.3) is 33.3 Å². The predicted molar refractivity (Wildman–Crippen MR) is 215 cm³/mol. The minimum Gasteiger partial charge on any atom is -0.469 e. The van der Waals surface area contributed by atoms with E-state index in [9.17, 15) is 19.2 Å². The molecule has 4 aliphatic heterocycles. The van der Waals surface area contributed by atoms with Gasteiger partial charge in [0.2, 0.25) is 0 Å². The van der Waals surface area contributed by atoms with Gasteiger partial charge >= 0.3 is 24.0 Å². The van der Waals surface area contributed by atoms with Gasteiger partial charge in [0.25, 0.3) is 0 Å². The first-order chi connectivity index (χ1) is 27.0. The number of nitrogens with one attached hydrogen (secondary N) is 3. The molecule has 1 unspecified atom stereocenters. The number of aromatic amines is 2. The van der Waals surface area contributed by atoms with E-state index in [4.69, 9.17) is 33.7 Å². The maximum Gasteiger partial charge on any atom is 0.407 e. The molecular formula is C43H53N5O9. The van der Waals surface area contributed by atoms with E-state index >= 15 is 0 Å². The lowest BCUT2D eigenvalue weighted by atomic mass is 9.85. The molecular weight excluding hydrogens is 730 g/mol. The number of aryl methyl sites for hydroxylation is 1. The van der Waals surface area contributed by atoms with Gasteiger partial charge in [-0.1, -0.05) is 13.8 Å². The maximum atomic E-state index is 13.7.